The van der Waals surface area contributed by atoms with E-state index in [1.54, 1.807) is 6.92 Å². The van der Waals surface area contributed by atoms with E-state index < -0.39 is 64.3 Å². The van der Waals surface area contributed by atoms with Gasteiger partial charge in [-0.1, -0.05) is 19.1 Å². The molecule has 0 spiro atoms. The highest BCUT2D eigenvalue weighted by Gasteiger charge is 2.51. The van der Waals surface area contributed by atoms with E-state index in [0.29, 0.717) is 12.5 Å². The molecular formula is C19H21F5N2O4S. The van der Waals surface area contributed by atoms with Crippen LogP contribution in [0.2, 0.25) is 0 Å². The van der Waals surface area contributed by atoms with Crippen LogP contribution >= 0.6 is 0 Å². The molecule has 0 bridgehead atoms. The molecule has 0 saturated carbocycles. The fraction of sp³-hybridized carbons (Fsp3) is 0.526. The van der Waals surface area contributed by atoms with Crippen molar-refractivity contribution in [2.75, 3.05) is 5.75 Å². The van der Waals surface area contributed by atoms with Gasteiger partial charge in [0.25, 0.3) is 0 Å². The van der Waals surface area contributed by atoms with Crippen LogP contribution < -0.4 is 4.72 Å². The fourth-order valence-corrected chi connectivity index (χ4v) is 4.83. The standard InChI is InChI=1S/C19H21F5N2O4S/c1-2-5-31(28,29)25-18(27)11-3-4-15(8-11)26-16(10-17(30-26)19(22,23)24)12-6-13(20)9-14(21)7-12/h3-4,6-7,9,11,15-17H,2,5,8,10H2,1H3,(H,25,27)/t11-,15+,16?,17?/m1/s1. The molecule has 1 aromatic rings. The molecule has 6 nitrogen and oxygen atoms in total. The van der Waals surface area contributed by atoms with E-state index in [-0.39, 0.29) is 17.7 Å². The zero-order chi connectivity index (χ0) is 23.0. The Morgan fingerprint density at radius 1 is 1.16 bits per heavy atom. The second-order valence-corrected chi connectivity index (χ2v) is 9.37. The molecular weight excluding hydrogens is 447 g/mol. The molecule has 1 aliphatic carbocycles. The summed E-state index contributed by atoms with van der Waals surface area (Å²) in [6.07, 6.45) is -4.41. The van der Waals surface area contributed by atoms with Crippen LogP contribution in [0.15, 0.2) is 30.4 Å². The Morgan fingerprint density at radius 2 is 1.81 bits per heavy atom. The Hall–Kier alpha value is -2.05. The number of benzene rings is 1. The maximum atomic E-state index is 13.7. The molecule has 1 fully saturated rings. The van der Waals surface area contributed by atoms with Crippen LogP contribution in [0.1, 0.15) is 37.8 Å². The van der Waals surface area contributed by atoms with Gasteiger partial charge in [0, 0.05) is 12.5 Å². The summed E-state index contributed by atoms with van der Waals surface area (Å²) in [4.78, 5) is 17.4. The Bertz CT molecular complexity index is 946. The largest absolute Gasteiger partial charge is 0.416 e. The van der Waals surface area contributed by atoms with Crippen LogP contribution in [0, 0.1) is 17.6 Å². The number of rotatable bonds is 6. The van der Waals surface area contributed by atoms with Crippen molar-refractivity contribution in [2.45, 2.75) is 50.6 Å². The number of carbonyl (C=O) groups excluding carboxylic acids is 1. The summed E-state index contributed by atoms with van der Waals surface area (Å²) in [5, 5.41) is 0.983. The number of hydrogen-bond acceptors (Lipinski definition) is 5. The van der Waals surface area contributed by atoms with Gasteiger partial charge in [-0.15, -0.1) is 0 Å². The molecule has 31 heavy (non-hydrogen) atoms. The van der Waals surface area contributed by atoms with Crippen molar-refractivity contribution >= 4 is 15.9 Å². The SMILES string of the molecule is CCCS(=O)(=O)NC(=O)[C@@H]1C=C[C@H](N2OC(C(F)(F)F)CC2c2cc(F)cc(F)c2)C1. The highest BCUT2D eigenvalue weighted by molar-refractivity contribution is 7.90. The van der Waals surface area contributed by atoms with E-state index in [2.05, 4.69) is 0 Å². The van der Waals surface area contributed by atoms with Gasteiger partial charge in [-0.3, -0.25) is 14.4 Å². The third-order valence-electron chi connectivity index (χ3n) is 5.08. The molecule has 1 aliphatic heterocycles. The molecule has 1 heterocycles. The molecule has 12 heteroatoms. The molecule has 1 amide bonds. The van der Waals surface area contributed by atoms with Crippen LogP contribution in [0.25, 0.3) is 0 Å². The van der Waals surface area contributed by atoms with Crippen molar-refractivity contribution in [3.8, 4) is 0 Å². The molecule has 2 unspecified atom stereocenters. The number of hydroxylamine groups is 2. The number of halogens is 5. The molecule has 1 aromatic carbocycles. The van der Waals surface area contributed by atoms with Gasteiger partial charge in [0.2, 0.25) is 15.9 Å². The number of alkyl halides is 3. The van der Waals surface area contributed by atoms with Crippen molar-refractivity contribution in [3.63, 3.8) is 0 Å². The van der Waals surface area contributed by atoms with Crippen molar-refractivity contribution in [2.24, 2.45) is 5.92 Å². The average molecular weight is 468 g/mol. The monoisotopic (exact) mass is 468 g/mol. The van der Waals surface area contributed by atoms with E-state index in [4.69, 9.17) is 4.84 Å². The lowest BCUT2D eigenvalue weighted by Crippen LogP contribution is -2.38. The summed E-state index contributed by atoms with van der Waals surface area (Å²) in [7, 11) is -3.81. The maximum absolute atomic E-state index is 13.7. The lowest BCUT2D eigenvalue weighted by Gasteiger charge is -2.28. The Labute approximate surface area is 176 Å². The predicted molar refractivity (Wildman–Crippen MR) is 99.7 cm³/mol. The molecule has 4 atom stereocenters. The van der Waals surface area contributed by atoms with Gasteiger partial charge in [0.05, 0.1) is 23.8 Å². The van der Waals surface area contributed by atoms with Gasteiger partial charge in [0.15, 0.2) is 6.10 Å². The molecule has 1 N–H and O–H groups in total. The number of amides is 1. The van der Waals surface area contributed by atoms with Gasteiger partial charge in [-0.05, 0) is 30.5 Å². The van der Waals surface area contributed by atoms with Gasteiger partial charge >= 0.3 is 6.18 Å². The van der Waals surface area contributed by atoms with Crippen molar-refractivity contribution < 1.29 is 40.0 Å². The van der Waals surface area contributed by atoms with Crippen molar-refractivity contribution in [1.82, 2.24) is 9.79 Å². The minimum Gasteiger partial charge on any atom is -0.285 e. The van der Waals surface area contributed by atoms with Crippen LogP contribution in [-0.2, 0) is 19.7 Å². The number of hydrogen-bond donors (Lipinski definition) is 1. The quantitative estimate of drug-likeness (QED) is 0.512. The zero-order valence-electron chi connectivity index (χ0n) is 16.4. The highest BCUT2D eigenvalue weighted by atomic mass is 32.2. The minimum atomic E-state index is -4.70. The van der Waals surface area contributed by atoms with E-state index in [1.165, 1.54) is 12.2 Å². The van der Waals surface area contributed by atoms with E-state index in [0.717, 1.165) is 17.2 Å². The summed E-state index contributed by atoms with van der Waals surface area (Å²) < 4.78 is 92.7. The number of nitrogens with zero attached hydrogens (tertiary/aromatic N) is 1. The first kappa shape index (κ1) is 23.6. The summed E-state index contributed by atoms with van der Waals surface area (Å²) in [5.41, 5.74) is -0.0314. The fourth-order valence-electron chi connectivity index (χ4n) is 3.73. The van der Waals surface area contributed by atoms with E-state index in [1.807, 2.05) is 4.72 Å². The summed E-state index contributed by atoms with van der Waals surface area (Å²) in [5.74, 6) is -3.83. The lowest BCUT2D eigenvalue weighted by molar-refractivity contribution is -0.275. The Morgan fingerprint density at radius 3 is 2.39 bits per heavy atom. The van der Waals surface area contributed by atoms with Gasteiger partial charge in [-0.25, -0.2) is 17.2 Å². The molecule has 0 aromatic heterocycles. The lowest BCUT2D eigenvalue weighted by atomic mass is 9.99. The average Bonchev–Trinajstić information content (AvgIpc) is 3.27. The predicted octanol–water partition coefficient (Wildman–Crippen LogP) is 3.37. The molecule has 1 saturated heterocycles. The number of sulfonamides is 1. The number of nitrogens with one attached hydrogen (secondary N) is 1. The highest BCUT2D eigenvalue weighted by Crippen LogP contribution is 2.44. The second-order valence-electron chi connectivity index (χ2n) is 7.53. The normalized spacial score (nSPS) is 27.0. The smallest absolute Gasteiger partial charge is 0.285 e. The van der Waals surface area contributed by atoms with Crippen LogP contribution in [0.5, 0.6) is 0 Å². The van der Waals surface area contributed by atoms with Crippen LogP contribution in [0.4, 0.5) is 22.0 Å². The number of carbonyl (C=O) groups is 1. The molecule has 2 aliphatic rings. The second kappa shape index (κ2) is 8.83. The summed E-state index contributed by atoms with van der Waals surface area (Å²) >= 11 is 0. The first-order valence-corrected chi connectivity index (χ1v) is 11.3. The van der Waals surface area contributed by atoms with Crippen LogP contribution in [-0.4, -0.2) is 43.5 Å². The first-order chi connectivity index (χ1) is 14.4. The van der Waals surface area contributed by atoms with Crippen molar-refractivity contribution in [1.29, 1.82) is 0 Å². The Balaban J connectivity index is 1.79. The van der Waals surface area contributed by atoms with Gasteiger partial charge < -0.3 is 0 Å². The van der Waals surface area contributed by atoms with Gasteiger partial charge in [0.1, 0.15) is 11.6 Å². The third-order valence-corrected chi connectivity index (χ3v) is 6.54. The first-order valence-electron chi connectivity index (χ1n) is 9.60. The Kier molecular flexibility index (Phi) is 6.72. The molecule has 0 radical (unpaired) electrons. The van der Waals surface area contributed by atoms with Crippen molar-refractivity contribution in [3.05, 3.63) is 47.5 Å². The van der Waals surface area contributed by atoms with Crippen LogP contribution in [0.3, 0.4) is 0 Å². The molecule has 172 valence electrons. The minimum absolute atomic E-state index is 0.0314. The van der Waals surface area contributed by atoms with E-state index in [9.17, 15) is 35.2 Å². The molecule has 3 rings (SSSR count). The summed E-state index contributed by atoms with van der Waals surface area (Å²) in [6, 6.07) is 0.536. The maximum Gasteiger partial charge on any atom is 0.416 e. The third kappa shape index (κ3) is 5.60. The zero-order valence-corrected chi connectivity index (χ0v) is 17.2. The summed E-state index contributed by atoms with van der Waals surface area (Å²) in [6.45, 7) is 1.63. The van der Waals surface area contributed by atoms with Gasteiger partial charge in [-0.2, -0.15) is 18.2 Å². The van der Waals surface area contributed by atoms with E-state index >= 15 is 0 Å². The topological polar surface area (TPSA) is 75.7 Å².